The lowest BCUT2D eigenvalue weighted by Crippen LogP contribution is -2.54. The van der Waals surface area contributed by atoms with Crippen LogP contribution in [0.3, 0.4) is 0 Å². The number of amides is 3. The second kappa shape index (κ2) is 30.3. The van der Waals surface area contributed by atoms with Gasteiger partial charge in [0.05, 0.1) is 0 Å². The average Bonchev–Trinajstić information content (AvgIpc) is 4.06. The molecule has 0 radical (unpaired) electrons. The molecule has 0 unspecified atom stereocenters. The lowest BCUT2D eigenvalue weighted by atomic mass is 9.90. The van der Waals surface area contributed by atoms with Gasteiger partial charge in [0.15, 0.2) is 24.4 Å². The number of carbonyl (C=O) groups excluding carboxylic acids is 7. The van der Waals surface area contributed by atoms with E-state index in [1.807, 2.05) is 48.5 Å². The van der Waals surface area contributed by atoms with Crippen LogP contribution in [0.2, 0.25) is 0 Å². The van der Waals surface area contributed by atoms with E-state index in [2.05, 4.69) is 5.32 Å². The van der Waals surface area contributed by atoms with Crippen molar-refractivity contribution in [1.29, 1.82) is 0 Å². The minimum atomic E-state index is -2.11. The molecular formula is C63H90F2N4O15. The molecule has 2 N–H and O–H groups in total. The predicted octanol–water partition coefficient (Wildman–Crippen LogP) is 7.37. The van der Waals surface area contributed by atoms with Crippen LogP contribution in [0.1, 0.15) is 159 Å². The zero-order chi connectivity index (χ0) is 61.6. The van der Waals surface area contributed by atoms with Gasteiger partial charge in [0.1, 0.15) is 35.5 Å². The fraction of sp³-hybridized carbons (Fsp3) is 0.683. The van der Waals surface area contributed by atoms with Crippen molar-refractivity contribution in [2.75, 3.05) is 54.6 Å². The number of nitrogens with one attached hydrogen (secondary N) is 1. The summed E-state index contributed by atoms with van der Waals surface area (Å²) in [5.41, 5.74) is -0.188. The molecule has 21 heteroatoms. The molecule has 4 aliphatic rings. The second-order valence-electron chi connectivity index (χ2n) is 24.8. The van der Waals surface area contributed by atoms with Crippen LogP contribution < -0.4 is 5.32 Å². The summed E-state index contributed by atoms with van der Waals surface area (Å²) in [6, 6.07) is 10.2. The molecule has 2 aromatic rings. The van der Waals surface area contributed by atoms with E-state index in [9.17, 15) is 47.9 Å². The number of ether oxygens (including phenoxy) is 6. The van der Waals surface area contributed by atoms with Gasteiger partial charge in [-0.15, -0.1) is 0 Å². The van der Waals surface area contributed by atoms with Crippen LogP contribution in [0, 0.1) is 11.8 Å². The summed E-state index contributed by atoms with van der Waals surface area (Å²) < 4.78 is 64.9. The summed E-state index contributed by atoms with van der Waals surface area (Å²) in [7, 11) is 5.42. The lowest BCUT2D eigenvalue weighted by molar-refractivity contribution is -0.175. The van der Waals surface area contributed by atoms with Crippen LogP contribution in [-0.4, -0.2) is 182 Å². The van der Waals surface area contributed by atoms with Crippen molar-refractivity contribution in [3.8, 4) is 0 Å². The fourth-order valence-electron chi connectivity index (χ4n) is 10.9. The molecular weight excluding hydrogens is 1090 g/mol. The molecule has 2 aromatic carbocycles. The van der Waals surface area contributed by atoms with Gasteiger partial charge in [-0.2, -0.15) is 0 Å². The predicted molar refractivity (Wildman–Crippen MR) is 306 cm³/mol. The molecule has 2 saturated carbocycles. The molecule has 8 atom stereocenters. The van der Waals surface area contributed by atoms with E-state index in [0.29, 0.717) is 43.8 Å². The van der Waals surface area contributed by atoms with E-state index in [0.717, 1.165) is 82.8 Å². The first-order valence-corrected chi connectivity index (χ1v) is 29.9. The molecule has 0 bridgehead atoms. The highest BCUT2D eigenvalue weighted by Crippen LogP contribution is 2.37. The summed E-state index contributed by atoms with van der Waals surface area (Å²) in [6.45, 7) is 10.1. The molecule has 0 aromatic heterocycles. The van der Waals surface area contributed by atoms with E-state index < -0.39 is 114 Å². The lowest BCUT2D eigenvalue weighted by Gasteiger charge is -2.34. The highest BCUT2D eigenvalue weighted by molar-refractivity contribution is 5.93. The molecule has 2 saturated heterocycles. The third kappa shape index (κ3) is 20.3. The van der Waals surface area contributed by atoms with Crippen molar-refractivity contribution in [3.63, 3.8) is 0 Å². The normalized spacial score (nSPS) is 19.0. The van der Waals surface area contributed by atoms with Crippen LogP contribution in [0.25, 0.3) is 0 Å². The SMILES string of the molecule is CN[C@@H](CC(C)(C)F)C(=O)O[C@H](Cc1ccc(C2CCOCC2)cc1)C(=O)N(C)[C@@H](CC1CC1)C(=O)O[C@H](C)C(=O)N(C)[C@@H](CC(C)(C)F)C(=O)O[C@H](CCc1ccc(C2CCOCC2)cc1)C(=O)N(C)[C@@H](CC1CC1)C(=O)O[C@H](C)C(=O)O. The third-order valence-corrected chi connectivity index (χ3v) is 16.6. The summed E-state index contributed by atoms with van der Waals surface area (Å²) in [6.07, 6.45) is -0.237. The van der Waals surface area contributed by atoms with E-state index in [-0.39, 0.29) is 50.4 Å². The largest absolute Gasteiger partial charge is 0.479 e. The van der Waals surface area contributed by atoms with Gasteiger partial charge in [0.2, 0.25) is 0 Å². The third-order valence-electron chi connectivity index (χ3n) is 16.6. The van der Waals surface area contributed by atoms with Crippen molar-refractivity contribution in [2.45, 2.75) is 210 Å². The number of carboxylic acid groups (broad SMARTS) is 1. The molecule has 466 valence electrons. The summed E-state index contributed by atoms with van der Waals surface area (Å²) in [5.74, 6) is -7.14. The Hall–Kier alpha value is -6.06. The smallest absolute Gasteiger partial charge is 0.344 e. The molecule has 0 spiro atoms. The number of halogens is 2. The Morgan fingerprint density at radius 3 is 1.39 bits per heavy atom. The van der Waals surface area contributed by atoms with Crippen molar-refractivity contribution >= 4 is 47.6 Å². The number of alkyl halides is 2. The van der Waals surface area contributed by atoms with Gasteiger partial charge in [-0.05, 0) is 146 Å². The number of hydrogen-bond donors (Lipinski definition) is 2. The van der Waals surface area contributed by atoms with Crippen molar-refractivity contribution in [3.05, 3.63) is 70.8 Å². The number of carbonyl (C=O) groups is 8. The number of hydrogen-bond acceptors (Lipinski definition) is 15. The summed E-state index contributed by atoms with van der Waals surface area (Å²) in [5, 5.41) is 12.3. The highest BCUT2D eigenvalue weighted by Gasteiger charge is 2.44. The van der Waals surface area contributed by atoms with Gasteiger partial charge in [-0.1, -0.05) is 74.2 Å². The van der Waals surface area contributed by atoms with Gasteiger partial charge < -0.3 is 53.5 Å². The number of nitrogens with zero attached hydrogens (tertiary/aromatic N) is 3. The Balaban J connectivity index is 1.21. The topological polar surface area (TPSA) is 234 Å². The maximum absolute atomic E-state index is 15.9. The van der Waals surface area contributed by atoms with Crippen LogP contribution in [0.15, 0.2) is 48.5 Å². The first-order chi connectivity index (χ1) is 39.6. The van der Waals surface area contributed by atoms with E-state index >= 15 is 4.39 Å². The van der Waals surface area contributed by atoms with Crippen LogP contribution in [0.5, 0.6) is 0 Å². The number of likely N-dealkylation sites (N-methyl/N-ethyl adjacent to an activating group) is 4. The molecule has 6 rings (SSSR count). The monoisotopic (exact) mass is 1180 g/mol. The number of esters is 4. The quantitative estimate of drug-likeness (QED) is 0.0554. The zero-order valence-electron chi connectivity index (χ0n) is 50.7. The van der Waals surface area contributed by atoms with Crippen LogP contribution in [0.4, 0.5) is 8.78 Å². The van der Waals surface area contributed by atoms with Gasteiger partial charge >= 0.3 is 29.8 Å². The average molecular weight is 1180 g/mol. The van der Waals surface area contributed by atoms with Crippen molar-refractivity contribution < 1.29 is 80.7 Å². The van der Waals surface area contributed by atoms with Gasteiger partial charge in [-0.3, -0.25) is 19.2 Å². The van der Waals surface area contributed by atoms with E-state index in [1.165, 1.54) is 69.7 Å². The van der Waals surface area contributed by atoms with Crippen molar-refractivity contribution in [1.82, 2.24) is 20.0 Å². The van der Waals surface area contributed by atoms with Gasteiger partial charge in [0, 0.05) is 66.8 Å². The molecule has 3 amide bonds. The summed E-state index contributed by atoms with van der Waals surface area (Å²) >= 11 is 0. The highest BCUT2D eigenvalue weighted by atomic mass is 19.1. The standard InChI is InChI=1S/C63H90F2N4O15/c1-38(81-59(76)49(33-41-11-12-41)68(9)56(72)53(84-58(75)48(66-7)36-62(3,4)64)35-43-17-22-45(23-18-43)47-27-31-80-32-28-47)54(70)69(10)51(37-63(5,6)65)61(78)83-52(24-19-40-15-20-44(21-16-40)46-25-29-79-30-26-46)55(71)67(8)50(34-42-13-14-42)60(77)82-39(2)57(73)74/h15-18,20-23,38-39,41-42,46-53,66H,11-14,19,24-37H2,1-10H3,(H,73,74)/t38-,39-,48+,49+,50+,51+,52-,53-/m1/s1. The van der Waals surface area contributed by atoms with Crippen LogP contribution in [-0.2, 0) is 79.6 Å². The molecule has 2 aliphatic carbocycles. The minimum Gasteiger partial charge on any atom is -0.479 e. The molecule has 19 nitrogen and oxygen atoms in total. The fourth-order valence-corrected chi connectivity index (χ4v) is 10.9. The number of rotatable bonds is 31. The number of carboxylic acids is 1. The van der Waals surface area contributed by atoms with Crippen LogP contribution >= 0.6 is 0 Å². The number of aryl methyl sites for hydroxylation is 1. The van der Waals surface area contributed by atoms with Crippen molar-refractivity contribution in [2.24, 2.45) is 11.8 Å². The Labute approximate surface area is 493 Å². The maximum Gasteiger partial charge on any atom is 0.344 e. The number of aliphatic carboxylic acids is 1. The van der Waals surface area contributed by atoms with Gasteiger partial charge in [-0.25, -0.2) is 28.0 Å². The minimum absolute atomic E-state index is 0.0192. The Kier molecular flexibility index (Phi) is 24.2. The first-order valence-electron chi connectivity index (χ1n) is 29.9. The molecule has 4 fully saturated rings. The Morgan fingerprint density at radius 2 is 0.964 bits per heavy atom. The second-order valence-corrected chi connectivity index (χ2v) is 24.8. The maximum atomic E-state index is 15.9. The molecule has 2 aliphatic heterocycles. The van der Waals surface area contributed by atoms with E-state index in [1.54, 1.807) is 0 Å². The molecule has 84 heavy (non-hydrogen) atoms. The van der Waals surface area contributed by atoms with E-state index in [4.69, 9.17) is 28.4 Å². The summed E-state index contributed by atoms with van der Waals surface area (Å²) in [4.78, 5) is 115. The number of benzene rings is 2. The first kappa shape index (κ1) is 67.1. The Bertz CT molecular complexity index is 2550. The zero-order valence-corrected chi connectivity index (χ0v) is 50.7. The Morgan fingerprint density at radius 1 is 0.560 bits per heavy atom. The van der Waals surface area contributed by atoms with Gasteiger partial charge in [0.25, 0.3) is 17.7 Å². The molecule has 2 heterocycles.